The van der Waals surface area contributed by atoms with Gasteiger partial charge in [-0.3, -0.25) is 0 Å². The van der Waals surface area contributed by atoms with Crippen LogP contribution >= 0.6 is 12.4 Å². The van der Waals surface area contributed by atoms with Crippen LogP contribution in [0.1, 0.15) is 13.8 Å². The van der Waals surface area contributed by atoms with Crippen LogP contribution in [-0.4, -0.2) is 37.3 Å². The molecule has 2 aromatic rings. The second-order valence-electron chi connectivity index (χ2n) is 4.88. The molecule has 1 atom stereocenters. The highest BCUT2D eigenvalue weighted by Gasteiger charge is 2.18. The molecule has 0 aliphatic rings. The fraction of sp³-hybridized carbons (Fsp3) is 0.357. The minimum absolute atomic E-state index is 0. The van der Waals surface area contributed by atoms with E-state index in [9.17, 15) is 12.8 Å². The van der Waals surface area contributed by atoms with Gasteiger partial charge in [0.2, 0.25) is 10.0 Å². The number of likely N-dealkylation sites (N-methyl/N-ethyl adjacent to an activating group) is 1. The lowest BCUT2D eigenvalue weighted by Gasteiger charge is -2.12. The number of nitrogens with zero attached hydrogens (tertiary/aromatic N) is 2. The zero-order valence-corrected chi connectivity index (χ0v) is 14.5. The number of hydrogen-bond acceptors (Lipinski definition) is 4. The summed E-state index contributed by atoms with van der Waals surface area (Å²) >= 11 is 0. The molecule has 23 heavy (non-hydrogen) atoms. The van der Waals surface area contributed by atoms with Gasteiger partial charge in [0.05, 0.1) is 12.4 Å². The van der Waals surface area contributed by atoms with Crippen molar-refractivity contribution in [1.29, 1.82) is 0 Å². The van der Waals surface area contributed by atoms with E-state index in [0.717, 1.165) is 6.54 Å². The van der Waals surface area contributed by atoms with Gasteiger partial charge in [-0.15, -0.1) is 12.4 Å². The average Bonchev–Trinajstić information content (AvgIpc) is 2.97. The standard InChI is InChI=1S/C14H19FN4O2S.ClH/c1-3-16-11(2)8-18-22(20,21)12-9-17-19(10-12)14-7-5-4-6-13(14)15;/h4-7,9-11,16,18H,3,8H2,1-2H3;1H/t11-;/m1./s1. The van der Waals surface area contributed by atoms with Crippen molar-refractivity contribution in [3.05, 3.63) is 42.5 Å². The average molecular weight is 363 g/mol. The molecular formula is C14H20ClFN4O2S. The second kappa shape index (κ2) is 8.39. The lowest BCUT2D eigenvalue weighted by atomic mass is 10.3. The largest absolute Gasteiger partial charge is 0.313 e. The minimum atomic E-state index is -3.67. The van der Waals surface area contributed by atoms with Crippen LogP contribution in [-0.2, 0) is 10.0 Å². The van der Waals surface area contributed by atoms with E-state index in [2.05, 4.69) is 15.1 Å². The third-order valence-corrected chi connectivity index (χ3v) is 4.48. The molecule has 0 aliphatic carbocycles. The number of nitrogens with one attached hydrogen (secondary N) is 2. The molecule has 0 fully saturated rings. The monoisotopic (exact) mass is 362 g/mol. The molecule has 1 heterocycles. The van der Waals surface area contributed by atoms with E-state index in [1.165, 1.54) is 29.2 Å². The van der Waals surface area contributed by atoms with Crippen LogP contribution in [0.15, 0.2) is 41.6 Å². The van der Waals surface area contributed by atoms with Gasteiger partial charge in [-0.05, 0) is 25.6 Å². The first-order chi connectivity index (χ1) is 10.4. The van der Waals surface area contributed by atoms with Crippen LogP contribution in [0.4, 0.5) is 4.39 Å². The Kier molecular flexibility index (Phi) is 7.14. The lowest BCUT2D eigenvalue weighted by Crippen LogP contribution is -2.38. The predicted octanol–water partition coefficient (Wildman–Crippen LogP) is 1.71. The van der Waals surface area contributed by atoms with Crippen LogP contribution < -0.4 is 10.0 Å². The summed E-state index contributed by atoms with van der Waals surface area (Å²) in [4.78, 5) is -0.000508. The molecule has 0 unspecified atom stereocenters. The van der Waals surface area contributed by atoms with Crippen molar-refractivity contribution in [1.82, 2.24) is 19.8 Å². The molecule has 0 radical (unpaired) electrons. The SMILES string of the molecule is CCN[C@H](C)CNS(=O)(=O)c1cnn(-c2ccccc2F)c1.Cl. The summed E-state index contributed by atoms with van der Waals surface area (Å²) in [6.07, 6.45) is 2.49. The highest BCUT2D eigenvalue weighted by Crippen LogP contribution is 2.15. The summed E-state index contributed by atoms with van der Waals surface area (Å²) in [5.74, 6) is -0.469. The van der Waals surface area contributed by atoms with Crippen LogP contribution in [0, 0.1) is 5.82 Å². The van der Waals surface area contributed by atoms with Gasteiger partial charge in [0.1, 0.15) is 16.4 Å². The molecule has 1 aromatic heterocycles. The van der Waals surface area contributed by atoms with E-state index in [0.29, 0.717) is 0 Å². The van der Waals surface area contributed by atoms with Crippen LogP contribution in [0.25, 0.3) is 5.69 Å². The number of sulfonamides is 1. The minimum Gasteiger partial charge on any atom is -0.313 e. The van der Waals surface area contributed by atoms with Crippen molar-refractivity contribution < 1.29 is 12.8 Å². The second-order valence-corrected chi connectivity index (χ2v) is 6.65. The van der Waals surface area contributed by atoms with Crippen molar-refractivity contribution in [2.45, 2.75) is 24.8 Å². The van der Waals surface area contributed by atoms with E-state index in [4.69, 9.17) is 0 Å². The zero-order chi connectivity index (χ0) is 16.2. The molecule has 6 nitrogen and oxygen atoms in total. The molecule has 0 spiro atoms. The van der Waals surface area contributed by atoms with E-state index >= 15 is 0 Å². The first-order valence-electron chi connectivity index (χ1n) is 6.96. The maximum absolute atomic E-state index is 13.7. The molecule has 0 aliphatic heterocycles. The smallest absolute Gasteiger partial charge is 0.243 e. The fourth-order valence-corrected chi connectivity index (χ4v) is 3.01. The van der Waals surface area contributed by atoms with Gasteiger partial charge in [-0.1, -0.05) is 19.1 Å². The first kappa shape index (κ1) is 19.6. The van der Waals surface area contributed by atoms with Crippen LogP contribution in [0.5, 0.6) is 0 Å². The number of halogens is 2. The quantitative estimate of drug-likeness (QED) is 0.786. The van der Waals surface area contributed by atoms with E-state index in [-0.39, 0.29) is 35.6 Å². The molecular weight excluding hydrogens is 343 g/mol. The fourth-order valence-electron chi connectivity index (χ4n) is 1.95. The van der Waals surface area contributed by atoms with Crippen LogP contribution in [0.2, 0.25) is 0 Å². The zero-order valence-electron chi connectivity index (χ0n) is 12.9. The Balaban J connectivity index is 0.00000264. The Morgan fingerprint density at radius 1 is 1.35 bits per heavy atom. The van der Waals surface area contributed by atoms with E-state index < -0.39 is 15.8 Å². The lowest BCUT2D eigenvalue weighted by molar-refractivity contribution is 0.536. The number of aromatic nitrogens is 2. The molecule has 0 saturated carbocycles. The molecule has 2 N–H and O–H groups in total. The van der Waals surface area contributed by atoms with Crippen molar-refractivity contribution in [3.8, 4) is 5.69 Å². The van der Waals surface area contributed by atoms with Gasteiger partial charge in [0, 0.05) is 12.6 Å². The molecule has 0 saturated heterocycles. The third-order valence-electron chi connectivity index (χ3n) is 3.10. The molecule has 9 heteroatoms. The molecule has 128 valence electrons. The normalized spacial score (nSPS) is 12.7. The predicted molar refractivity (Wildman–Crippen MR) is 89.1 cm³/mol. The van der Waals surface area contributed by atoms with Gasteiger partial charge in [0.25, 0.3) is 0 Å². The molecule has 0 amide bonds. The molecule has 0 bridgehead atoms. The van der Waals surface area contributed by atoms with Crippen molar-refractivity contribution in [3.63, 3.8) is 0 Å². The van der Waals surface area contributed by atoms with Gasteiger partial charge in [-0.2, -0.15) is 5.10 Å². The highest BCUT2D eigenvalue weighted by atomic mass is 35.5. The summed E-state index contributed by atoms with van der Waals surface area (Å²) in [6, 6.07) is 6.05. The van der Waals surface area contributed by atoms with Crippen molar-refractivity contribution in [2.24, 2.45) is 0 Å². The summed E-state index contributed by atoms with van der Waals surface area (Å²) in [6.45, 7) is 4.85. The Hall–Kier alpha value is -1.48. The van der Waals surface area contributed by atoms with E-state index in [1.54, 1.807) is 12.1 Å². The third kappa shape index (κ3) is 5.00. The Bertz CT molecular complexity index is 736. The topological polar surface area (TPSA) is 76.0 Å². The number of para-hydroxylation sites is 1. The first-order valence-corrected chi connectivity index (χ1v) is 8.45. The number of benzene rings is 1. The Morgan fingerprint density at radius 2 is 2.04 bits per heavy atom. The number of hydrogen-bond donors (Lipinski definition) is 2. The van der Waals surface area contributed by atoms with Gasteiger partial charge in [0.15, 0.2) is 0 Å². The summed E-state index contributed by atoms with van der Waals surface area (Å²) in [5, 5.41) is 7.03. The summed E-state index contributed by atoms with van der Waals surface area (Å²) in [5.41, 5.74) is 0.199. The number of rotatable bonds is 7. The van der Waals surface area contributed by atoms with Crippen molar-refractivity contribution >= 4 is 22.4 Å². The molecule has 1 aromatic carbocycles. The van der Waals surface area contributed by atoms with Crippen LogP contribution in [0.3, 0.4) is 0 Å². The van der Waals surface area contributed by atoms with E-state index in [1.807, 2.05) is 13.8 Å². The van der Waals surface area contributed by atoms with Gasteiger partial charge >= 0.3 is 0 Å². The maximum atomic E-state index is 13.7. The summed E-state index contributed by atoms with van der Waals surface area (Å²) < 4.78 is 41.8. The summed E-state index contributed by atoms with van der Waals surface area (Å²) in [7, 11) is -3.67. The highest BCUT2D eigenvalue weighted by molar-refractivity contribution is 7.89. The maximum Gasteiger partial charge on any atom is 0.243 e. The van der Waals surface area contributed by atoms with Gasteiger partial charge in [-0.25, -0.2) is 22.2 Å². The Labute approximate surface area is 141 Å². The molecule has 2 rings (SSSR count). The van der Waals surface area contributed by atoms with Crippen molar-refractivity contribution in [2.75, 3.05) is 13.1 Å². The van der Waals surface area contributed by atoms with Gasteiger partial charge < -0.3 is 5.32 Å². The Morgan fingerprint density at radius 3 is 2.70 bits per heavy atom.